The zero-order valence-electron chi connectivity index (χ0n) is 19.2. The number of hydrogen-bond donors (Lipinski definition) is 3. The van der Waals surface area contributed by atoms with Crippen molar-refractivity contribution in [3.63, 3.8) is 0 Å². The Balaban J connectivity index is 1.86. The van der Waals surface area contributed by atoms with E-state index >= 15 is 0 Å². The fraction of sp³-hybridized carbons (Fsp3) is 0.440. The van der Waals surface area contributed by atoms with Gasteiger partial charge in [0, 0.05) is 62.1 Å². The lowest BCUT2D eigenvalue weighted by molar-refractivity contribution is -0.645. The van der Waals surface area contributed by atoms with Crippen molar-refractivity contribution in [2.45, 2.75) is 38.8 Å². The smallest absolute Gasteiger partial charge is 0.220 e. The Bertz CT molecular complexity index is 1030. The molecule has 0 radical (unpaired) electrons. The number of pyridine rings is 1. The van der Waals surface area contributed by atoms with Gasteiger partial charge in [0.1, 0.15) is 6.54 Å². The van der Waals surface area contributed by atoms with Crippen LogP contribution in [-0.4, -0.2) is 40.1 Å². The molecule has 3 aromatic rings. The highest BCUT2D eigenvalue weighted by atomic mass is 16.1. The standard InChI is InChI=1S/C25H35N5O/c1-27-18-19-8-9-20-16-21-10-11-22(29(2)3)17-24(21)30(23(20)15-19)14-6-4-5-7-25(31)28-13-12-26/h8-11,15-17,27H,4-7,12-14,18,26H2,1-3H3/p+2. The number of unbranched alkanes of at least 4 members (excludes halogenated alkanes) is 2. The van der Waals surface area contributed by atoms with Crippen molar-refractivity contribution in [1.82, 2.24) is 10.6 Å². The molecule has 0 aliphatic carbocycles. The lowest BCUT2D eigenvalue weighted by Gasteiger charge is -2.14. The Morgan fingerprint density at radius 2 is 1.74 bits per heavy atom. The number of nitrogens with zero attached hydrogens (tertiary/aromatic N) is 2. The van der Waals surface area contributed by atoms with E-state index in [4.69, 9.17) is 0 Å². The lowest BCUT2D eigenvalue weighted by Crippen LogP contribution is -2.54. The van der Waals surface area contributed by atoms with Crippen LogP contribution in [0, 0.1) is 0 Å². The van der Waals surface area contributed by atoms with Crippen LogP contribution in [0.2, 0.25) is 0 Å². The predicted molar refractivity (Wildman–Crippen MR) is 128 cm³/mol. The number of aryl methyl sites for hydroxylation is 1. The summed E-state index contributed by atoms with van der Waals surface area (Å²) >= 11 is 0. The minimum atomic E-state index is 0.138. The number of carbonyl (C=O) groups excluding carboxylic acids is 1. The molecule has 1 amide bonds. The number of hydrogen-bond acceptors (Lipinski definition) is 3. The average Bonchev–Trinajstić information content (AvgIpc) is 2.76. The first-order valence-corrected chi connectivity index (χ1v) is 11.3. The van der Waals surface area contributed by atoms with Crippen LogP contribution in [0.1, 0.15) is 31.2 Å². The monoisotopic (exact) mass is 423 g/mol. The number of fused-ring (bicyclic) bond motifs is 2. The van der Waals surface area contributed by atoms with Crippen LogP contribution in [0.4, 0.5) is 5.69 Å². The Hall–Kier alpha value is -2.70. The molecule has 1 heterocycles. The van der Waals surface area contributed by atoms with Gasteiger partial charge < -0.3 is 21.3 Å². The van der Waals surface area contributed by atoms with Crippen molar-refractivity contribution < 1.29 is 15.1 Å². The molecule has 0 atom stereocenters. The van der Waals surface area contributed by atoms with Crippen molar-refractivity contribution in [1.29, 1.82) is 0 Å². The largest absolute Gasteiger partial charge is 0.377 e. The van der Waals surface area contributed by atoms with Crippen molar-refractivity contribution in [3.8, 4) is 0 Å². The summed E-state index contributed by atoms with van der Waals surface area (Å²) in [6.07, 6.45) is 3.59. The number of aromatic nitrogens is 1. The van der Waals surface area contributed by atoms with Crippen LogP contribution < -0.4 is 25.8 Å². The number of amides is 1. The number of rotatable bonds is 11. The quantitative estimate of drug-likeness (QED) is 0.251. The molecule has 0 fully saturated rings. The maximum atomic E-state index is 11.8. The fourth-order valence-electron chi connectivity index (χ4n) is 4.01. The summed E-state index contributed by atoms with van der Waals surface area (Å²) in [5.74, 6) is 0.138. The van der Waals surface area contributed by atoms with Gasteiger partial charge in [-0.15, -0.1) is 0 Å². The van der Waals surface area contributed by atoms with Gasteiger partial charge in [0.05, 0.1) is 13.1 Å². The minimum absolute atomic E-state index is 0.138. The Morgan fingerprint density at radius 3 is 2.45 bits per heavy atom. The molecule has 3 rings (SSSR count). The molecule has 0 aliphatic rings. The van der Waals surface area contributed by atoms with Gasteiger partial charge in [-0.2, -0.15) is 4.57 Å². The summed E-state index contributed by atoms with van der Waals surface area (Å²) in [6, 6.07) is 15.7. The van der Waals surface area contributed by atoms with Crippen molar-refractivity contribution in [2.75, 3.05) is 39.1 Å². The second kappa shape index (κ2) is 11.1. The first-order chi connectivity index (χ1) is 15.0. The van der Waals surface area contributed by atoms with Gasteiger partial charge in [-0.3, -0.25) is 4.79 Å². The van der Waals surface area contributed by atoms with Gasteiger partial charge >= 0.3 is 0 Å². The van der Waals surface area contributed by atoms with Crippen molar-refractivity contribution in [3.05, 3.63) is 48.0 Å². The zero-order chi connectivity index (χ0) is 22.2. The van der Waals surface area contributed by atoms with Gasteiger partial charge in [0.15, 0.2) is 0 Å². The lowest BCUT2D eigenvalue weighted by atomic mass is 10.1. The van der Waals surface area contributed by atoms with Crippen LogP contribution in [0.25, 0.3) is 21.8 Å². The first-order valence-electron chi connectivity index (χ1n) is 11.3. The maximum Gasteiger partial charge on any atom is 0.220 e. The van der Waals surface area contributed by atoms with Gasteiger partial charge in [-0.05, 0) is 49.7 Å². The Labute approximate surface area is 185 Å². The summed E-state index contributed by atoms with van der Waals surface area (Å²) in [5, 5.41) is 8.68. The Kier molecular flexibility index (Phi) is 8.20. The predicted octanol–water partition coefficient (Wildman–Crippen LogP) is 1.98. The third-order valence-corrected chi connectivity index (χ3v) is 5.68. The normalized spacial score (nSPS) is 11.2. The minimum Gasteiger partial charge on any atom is -0.377 e. The van der Waals surface area contributed by atoms with E-state index in [1.54, 1.807) is 0 Å². The summed E-state index contributed by atoms with van der Waals surface area (Å²) in [5.41, 5.74) is 8.78. The molecule has 31 heavy (non-hydrogen) atoms. The molecule has 0 spiro atoms. The molecule has 0 unspecified atom stereocenters. The summed E-state index contributed by atoms with van der Waals surface area (Å²) in [6.45, 7) is 3.20. The van der Waals surface area contributed by atoms with Crippen molar-refractivity contribution >= 4 is 33.4 Å². The fourth-order valence-corrected chi connectivity index (χ4v) is 4.01. The van der Waals surface area contributed by atoms with Gasteiger partial charge in [0.2, 0.25) is 16.9 Å². The molecule has 0 bridgehead atoms. The highest BCUT2D eigenvalue weighted by Gasteiger charge is 2.17. The topological polar surface area (TPSA) is 75.9 Å². The van der Waals surface area contributed by atoms with E-state index in [-0.39, 0.29) is 5.91 Å². The summed E-state index contributed by atoms with van der Waals surface area (Å²) < 4.78 is 2.46. The van der Waals surface area contributed by atoms with Crippen LogP contribution >= 0.6 is 0 Å². The molecule has 6 nitrogen and oxygen atoms in total. The first kappa shape index (κ1) is 23.0. The van der Waals surface area contributed by atoms with Crippen LogP contribution in [-0.2, 0) is 17.9 Å². The van der Waals surface area contributed by atoms with Gasteiger partial charge in [-0.1, -0.05) is 6.07 Å². The number of benzene rings is 2. The Morgan fingerprint density at radius 1 is 1.00 bits per heavy atom. The second-order valence-electron chi connectivity index (χ2n) is 8.37. The SMILES string of the molecule is CNCc1ccc2cc3ccc(N(C)C)cc3[n+](CCCCCC(=O)NCC[NH3+])c2c1. The van der Waals surface area contributed by atoms with E-state index in [0.29, 0.717) is 13.0 Å². The van der Waals surface area contributed by atoms with Gasteiger partial charge in [-0.25, -0.2) is 0 Å². The molecular weight excluding hydrogens is 386 g/mol. The number of quaternary nitrogens is 1. The highest BCUT2D eigenvalue weighted by Crippen LogP contribution is 2.24. The third-order valence-electron chi connectivity index (χ3n) is 5.68. The number of nitrogens with one attached hydrogen (secondary N) is 2. The van der Waals surface area contributed by atoms with E-state index in [2.05, 4.69) is 82.4 Å². The molecule has 166 valence electrons. The molecule has 0 aliphatic heterocycles. The van der Waals surface area contributed by atoms with E-state index < -0.39 is 0 Å². The molecule has 6 heteroatoms. The zero-order valence-corrected chi connectivity index (χ0v) is 19.2. The van der Waals surface area contributed by atoms with E-state index in [9.17, 15) is 4.79 Å². The highest BCUT2D eigenvalue weighted by molar-refractivity contribution is 5.90. The third kappa shape index (κ3) is 5.93. The molecule has 5 N–H and O–H groups in total. The molecule has 2 aromatic carbocycles. The molecule has 0 saturated carbocycles. The van der Waals surface area contributed by atoms with E-state index in [0.717, 1.165) is 38.9 Å². The van der Waals surface area contributed by atoms with Crippen LogP contribution in [0.15, 0.2) is 42.5 Å². The van der Waals surface area contributed by atoms with Gasteiger partial charge in [0.25, 0.3) is 0 Å². The summed E-state index contributed by atoms with van der Waals surface area (Å²) in [7, 11) is 6.14. The van der Waals surface area contributed by atoms with E-state index in [1.165, 1.54) is 33.1 Å². The number of carbonyl (C=O) groups is 1. The maximum absolute atomic E-state index is 11.8. The average molecular weight is 424 g/mol. The number of anilines is 1. The molecular formula is C25H37N5O+2. The van der Waals surface area contributed by atoms with Crippen LogP contribution in [0.3, 0.4) is 0 Å². The molecule has 1 aromatic heterocycles. The van der Waals surface area contributed by atoms with Crippen molar-refractivity contribution in [2.24, 2.45) is 0 Å². The van der Waals surface area contributed by atoms with E-state index in [1.807, 2.05) is 7.05 Å². The second-order valence-corrected chi connectivity index (χ2v) is 8.37. The van der Waals surface area contributed by atoms with Crippen LogP contribution in [0.5, 0.6) is 0 Å². The summed E-state index contributed by atoms with van der Waals surface area (Å²) in [4.78, 5) is 14.0. The molecule has 0 saturated heterocycles.